The Morgan fingerprint density at radius 2 is 2.04 bits per heavy atom. The Kier molecular flexibility index (Phi) is 7.30. The normalized spacial score (nSPS) is 17.1. The van der Waals surface area contributed by atoms with Crippen LogP contribution in [0.2, 0.25) is 0 Å². The van der Waals surface area contributed by atoms with Crippen LogP contribution in [-0.4, -0.2) is 30.5 Å². The number of amides is 1. The molecule has 0 bridgehead atoms. The highest BCUT2D eigenvalue weighted by atomic mass is 16.5. The molecule has 136 valence electrons. The van der Waals surface area contributed by atoms with E-state index in [1.54, 1.807) is 0 Å². The molecule has 1 amide bonds. The first-order chi connectivity index (χ1) is 12.0. The molecule has 2 rings (SSSR count). The topological polar surface area (TPSA) is 29.5 Å². The Morgan fingerprint density at radius 3 is 2.60 bits per heavy atom. The zero-order valence-corrected chi connectivity index (χ0v) is 15.8. The highest BCUT2D eigenvalue weighted by Gasteiger charge is 2.20. The minimum Gasteiger partial charge on any atom is -0.484 e. The quantitative estimate of drug-likeness (QED) is 0.632. The molecule has 1 aromatic carbocycles. The highest BCUT2D eigenvalue weighted by Crippen LogP contribution is 2.28. The van der Waals surface area contributed by atoms with Crippen LogP contribution in [-0.2, 0) is 4.79 Å². The van der Waals surface area contributed by atoms with Gasteiger partial charge in [-0.25, -0.2) is 0 Å². The van der Waals surface area contributed by atoms with Crippen LogP contribution in [0.4, 0.5) is 0 Å². The molecule has 0 saturated heterocycles. The summed E-state index contributed by atoms with van der Waals surface area (Å²) in [5, 5.41) is 0. The van der Waals surface area contributed by atoms with E-state index in [9.17, 15) is 4.79 Å². The molecule has 1 aliphatic rings. The van der Waals surface area contributed by atoms with E-state index in [1.165, 1.54) is 11.1 Å². The minimum absolute atomic E-state index is 0.0560. The number of carbonyl (C=O) groups excluding carboxylic acids is 1. The van der Waals surface area contributed by atoms with Crippen LogP contribution in [0, 0.1) is 11.8 Å². The van der Waals surface area contributed by atoms with Crippen molar-refractivity contribution in [2.75, 3.05) is 19.7 Å². The monoisotopic (exact) mass is 341 g/mol. The van der Waals surface area contributed by atoms with Crippen LogP contribution < -0.4 is 4.74 Å². The molecule has 0 saturated carbocycles. The lowest BCUT2D eigenvalue weighted by Gasteiger charge is -2.29. The fourth-order valence-corrected chi connectivity index (χ4v) is 3.17. The van der Waals surface area contributed by atoms with Gasteiger partial charge in [-0.3, -0.25) is 4.79 Å². The Balaban J connectivity index is 1.93. The lowest BCUT2D eigenvalue weighted by Crippen LogP contribution is -2.39. The van der Waals surface area contributed by atoms with Crippen molar-refractivity contribution in [3.8, 4) is 5.75 Å². The van der Waals surface area contributed by atoms with E-state index in [1.807, 2.05) is 35.2 Å². The van der Waals surface area contributed by atoms with E-state index in [0.29, 0.717) is 11.8 Å². The van der Waals surface area contributed by atoms with Crippen LogP contribution in [0.25, 0.3) is 0 Å². The van der Waals surface area contributed by atoms with Crippen LogP contribution >= 0.6 is 0 Å². The maximum Gasteiger partial charge on any atom is 0.260 e. The fraction of sp³-hybridized carbons (Fsp3) is 0.500. The van der Waals surface area contributed by atoms with Gasteiger partial charge in [-0.2, -0.15) is 0 Å². The van der Waals surface area contributed by atoms with Gasteiger partial charge < -0.3 is 9.64 Å². The van der Waals surface area contributed by atoms with E-state index in [-0.39, 0.29) is 12.5 Å². The van der Waals surface area contributed by atoms with Crippen LogP contribution in [0.15, 0.2) is 54.1 Å². The predicted molar refractivity (Wildman–Crippen MR) is 104 cm³/mol. The third-order valence-corrected chi connectivity index (χ3v) is 4.64. The van der Waals surface area contributed by atoms with Crippen molar-refractivity contribution in [1.29, 1.82) is 0 Å². The van der Waals surface area contributed by atoms with Crippen molar-refractivity contribution in [3.05, 3.63) is 54.1 Å². The van der Waals surface area contributed by atoms with Gasteiger partial charge in [0.1, 0.15) is 5.75 Å². The third kappa shape index (κ3) is 6.41. The first kappa shape index (κ1) is 19.3. The van der Waals surface area contributed by atoms with E-state index in [4.69, 9.17) is 4.74 Å². The number of allylic oxidation sites excluding steroid dienone is 2. The number of benzene rings is 1. The average Bonchev–Trinajstić information content (AvgIpc) is 2.60. The van der Waals surface area contributed by atoms with E-state index in [2.05, 4.69) is 33.4 Å². The third-order valence-electron chi connectivity index (χ3n) is 4.64. The van der Waals surface area contributed by atoms with Gasteiger partial charge in [0.05, 0.1) is 0 Å². The molecule has 25 heavy (non-hydrogen) atoms. The number of ether oxygens (including phenoxy) is 1. The van der Waals surface area contributed by atoms with Gasteiger partial charge in [0.25, 0.3) is 5.91 Å². The first-order valence-corrected chi connectivity index (χ1v) is 9.24. The molecule has 1 unspecified atom stereocenters. The Hall–Kier alpha value is -2.03. The van der Waals surface area contributed by atoms with Crippen molar-refractivity contribution < 1.29 is 9.53 Å². The molecule has 0 spiro atoms. The van der Waals surface area contributed by atoms with Crippen molar-refractivity contribution in [3.63, 3.8) is 0 Å². The molecular formula is C22H31NO2. The summed E-state index contributed by atoms with van der Waals surface area (Å²) in [5.41, 5.74) is 2.63. The second kappa shape index (κ2) is 9.45. The molecule has 1 aromatic rings. The Labute approximate surface area is 152 Å². The van der Waals surface area contributed by atoms with Crippen molar-refractivity contribution in [2.24, 2.45) is 11.8 Å². The maximum absolute atomic E-state index is 12.7. The van der Waals surface area contributed by atoms with Gasteiger partial charge in [0.15, 0.2) is 6.61 Å². The number of hydrogen-bond acceptors (Lipinski definition) is 2. The summed E-state index contributed by atoms with van der Waals surface area (Å²) in [7, 11) is 0. The van der Waals surface area contributed by atoms with Gasteiger partial charge in [-0.15, -0.1) is 0 Å². The molecule has 0 N–H and O–H groups in total. The zero-order valence-electron chi connectivity index (χ0n) is 15.8. The number of nitrogens with zero attached hydrogens (tertiary/aromatic N) is 1. The number of hydrogen-bond donors (Lipinski definition) is 0. The standard InChI is InChI=1S/C22H31NO2/c1-17(2)14-23(15-19-10-12-20(13-11-19)18(3)4)22(24)16-25-21-8-6-5-7-9-21/h5-10,17,20H,3,11-16H2,1-2,4H3. The Bertz CT molecular complexity index is 604. The minimum atomic E-state index is 0.0560. The molecule has 0 fully saturated rings. The lowest BCUT2D eigenvalue weighted by atomic mass is 9.85. The SMILES string of the molecule is C=C(C)C1CC=C(CN(CC(C)C)C(=O)COc2ccccc2)CC1. The van der Waals surface area contributed by atoms with Crippen LogP contribution in [0.5, 0.6) is 5.75 Å². The molecule has 0 aromatic heterocycles. The van der Waals surface area contributed by atoms with E-state index >= 15 is 0 Å². The van der Waals surface area contributed by atoms with Crippen molar-refractivity contribution >= 4 is 5.91 Å². The maximum atomic E-state index is 12.7. The zero-order chi connectivity index (χ0) is 18.2. The molecule has 1 atom stereocenters. The number of para-hydroxylation sites is 1. The first-order valence-electron chi connectivity index (χ1n) is 9.24. The lowest BCUT2D eigenvalue weighted by molar-refractivity contribution is -0.133. The average molecular weight is 341 g/mol. The van der Waals surface area contributed by atoms with E-state index < -0.39 is 0 Å². The van der Waals surface area contributed by atoms with Gasteiger partial charge in [-0.1, -0.05) is 55.8 Å². The summed E-state index contributed by atoms with van der Waals surface area (Å²) in [4.78, 5) is 14.6. The fourth-order valence-electron chi connectivity index (χ4n) is 3.17. The van der Waals surface area contributed by atoms with Gasteiger partial charge in [-0.05, 0) is 50.2 Å². The molecular weight excluding hydrogens is 310 g/mol. The molecule has 0 heterocycles. The van der Waals surface area contributed by atoms with Gasteiger partial charge >= 0.3 is 0 Å². The second-order valence-electron chi connectivity index (χ2n) is 7.45. The molecule has 3 heteroatoms. The van der Waals surface area contributed by atoms with Gasteiger partial charge in [0, 0.05) is 13.1 Å². The predicted octanol–water partition coefficient (Wildman–Crippen LogP) is 4.85. The van der Waals surface area contributed by atoms with Crippen molar-refractivity contribution in [1.82, 2.24) is 4.90 Å². The summed E-state index contributed by atoms with van der Waals surface area (Å²) in [6.07, 6.45) is 5.56. The van der Waals surface area contributed by atoms with Crippen LogP contribution in [0.1, 0.15) is 40.0 Å². The summed E-state index contributed by atoms with van der Waals surface area (Å²) in [6, 6.07) is 9.52. The summed E-state index contributed by atoms with van der Waals surface area (Å²) in [6.45, 7) is 12.1. The summed E-state index contributed by atoms with van der Waals surface area (Å²) < 4.78 is 5.65. The molecule has 3 nitrogen and oxygen atoms in total. The summed E-state index contributed by atoms with van der Waals surface area (Å²) in [5.74, 6) is 1.83. The Morgan fingerprint density at radius 1 is 1.32 bits per heavy atom. The van der Waals surface area contributed by atoms with Gasteiger partial charge in [0.2, 0.25) is 0 Å². The summed E-state index contributed by atoms with van der Waals surface area (Å²) >= 11 is 0. The molecule has 1 aliphatic carbocycles. The van der Waals surface area contributed by atoms with Crippen molar-refractivity contribution in [2.45, 2.75) is 40.0 Å². The van der Waals surface area contributed by atoms with Crippen LogP contribution in [0.3, 0.4) is 0 Å². The largest absolute Gasteiger partial charge is 0.484 e. The number of rotatable bonds is 8. The second-order valence-corrected chi connectivity index (χ2v) is 7.45. The smallest absolute Gasteiger partial charge is 0.260 e. The highest BCUT2D eigenvalue weighted by molar-refractivity contribution is 5.78. The number of carbonyl (C=O) groups is 1. The van der Waals surface area contributed by atoms with E-state index in [0.717, 1.165) is 38.1 Å². The molecule has 0 aliphatic heterocycles. The molecule has 0 radical (unpaired) electrons.